The SMILES string of the molecule is COc1ccc(N2C(=O)CCC(C(=O)NCCc3nccs3)C2c2ccccc2OC)cc1. The third-order valence-electron chi connectivity index (χ3n) is 5.86. The fourth-order valence-electron chi connectivity index (χ4n) is 4.28. The molecule has 0 bridgehead atoms. The Bertz CT molecular complexity index is 1090. The molecule has 2 atom stereocenters. The topological polar surface area (TPSA) is 80.8 Å². The maximum Gasteiger partial charge on any atom is 0.227 e. The van der Waals surface area contributed by atoms with Gasteiger partial charge in [-0.1, -0.05) is 18.2 Å². The highest BCUT2D eigenvalue weighted by Crippen LogP contribution is 2.43. The van der Waals surface area contributed by atoms with Crippen LogP contribution in [0.15, 0.2) is 60.1 Å². The predicted octanol–water partition coefficient (Wildman–Crippen LogP) is 4.00. The van der Waals surface area contributed by atoms with E-state index >= 15 is 0 Å². The molecule has 7 nitrogen and oxygen atoms in total. The normalized spacial score (nSPS) is 18.1. The summed E-state index contributed by atoms with van der Waals surface area (Å²) in [6, 6.07) is 14.4. The molecule has 1 N–H and O–H groups in total. The summed E-state index contributed by atoms with van der Waals surface area (Å²) >= 11 is 1.57. The molecule has 2 aromatic carbocycles. The molecule has 2 amide bonds. The van der Waals surface area contributed by atoms with Crippen LogP contribution in [0.4, 0.5) is 5.69 Å². The van der Waals surface area contributed by atoms with Crippen LogP contribution >= 0.6 is 11.3 Å². The van der Waals surface area contributed by atoms with E-state index in [9.17, 15) is 9.59 Å². The lowest BCUT2D eigenvalue weighted by atomic mass is 9.82. The number of hydrogen-bond acceptors (Lipinski definition) is 6. The first kappa shape index (κ1) is 22.8. The van der Waals surface area contributed by atoms with Gasteiger partial charge in [-0.2, -0.15) is 0 Å². The Morgan fingerprint density at radius 2 is 1.94 bits per heavy atom. The molecular weight excluding hydrogens is 438 g/mol. The number of nitrogens with zero attached hydrogens (tertiary/aromatic N) is 2. The molecule has 172 valence electrons. The quantitative estimate of drug-likeness (QED) is 0.544. The molecule has 0 spiro atoms. The van der Waals surface area contributed by atoms with Crippen molar-refractivity contribution in [3.63, 3.8) is 0 Å². The minimum absolute atomic E-state index is 0.0251. The van der Waals surface area contributed by atoms with Crippen LogP contribution in [0, 0.1) is 5.92 Å². The first-order chi connectivity index (χ1) is 16.1. The van der Waals surface area contributed by atoms with E-state index in [2.05, 4.69) is 10.3 Å². The van der Waals surface area contributed by atoms with Gasteiger partial charge < -0.3 is 19.7 Å². The standard InChI is InChI=1S/C25H27N3O4S/c1-31-18-9-7-17(8-10-18)28-23(29)12-11-20(24(28)19-5-3-4-6-21(19)32-2)25(30)27-14-13-22-26-15-16-33-22/h3-10,15-16,20,24H,11-14H2,1-2H3,(H,27,30). The number of ether oxygens (including phenoxy) is 2. The Balaban J connectivity index is 1.66. The molecule has 2 unspecified atom stereocenters. The lowest BCUT2D eigenvalue weighted by molar-refractivity contribution is -0.129. The number of carbonyl (C=O) groups is 2. The third-order valence-corrected chi connectivity index (χ3v) is 6.70. The van der Waals surface area contributed by atoms with Crippen LogP contribution in [-0.4, -0.2) is 37.6 Å². The van der Waals surface area contributed by atoms with Gasteiger partial charge in [-0.3, -0.25) is 9.59 Å². The highest BCUT2D eigenvalue weighted by molar-refractivity contribution is 7.09. The zero-order valence-corrected chi connectivity index (χ0v) is 19.5. The van der Waals surface area contributed by atoms with E-state index in [-0.39, 0.29) is 11.8 Å². The van der Waals surface area contributed by atoms with Crippen molar-refractivity contribution in [3.8, 4) is 11.5 Å². The number of hydrogen-bond donors (Lipinski definition) is 1. The van der Waals surface area contributed by atoms with Gasteiger partial charge in [-0.05, 0) is 36.8 Å². The van der Waals surface area contributed by atoms with Gasteiger partial charge in [0.2, 0.25) is 11.8 Å². The summed E-state index contributed by atoms with van der Waals surface area (Å²) in [5, 5.41) is 5.97. The average Bonchev–Trinajstić information content (AvgIpc) is 3.37. The molecule has 0 aliphatic carbocycles. The van der Waals surface area contributed by atoms with Gasteiger partial charge in [0.05, 0.1) is 31.2 Å². The van der Waals surface area contributed by atoms with Crippen molar-refractivity contribution in [1.82, 2.24) is 10.3 Å². The van der Waals surface area contributed by atoms with E-state index < -0.39 is 12.0 Å². The van der Waals surface area contributed by atoms with Crippen LogP contribution in [-0.2, 0) is 16.0 Å². The fourth-order valence-corrected chi connectivity index (χ4v) is 4.90. The van der Waals surface area contributed by atoms with Crippen LogP contribution < -0.4 is 19.7 Å². The van der Waals surface area contributed by atoms with E-state index in [0.29, 0.717) is 37.3 Å². The van der Waals surface area contributed by atoms with Crippen LogP contribution in [0.25, 0.3) is 0 Å². The van der Waals surface area contributed by atoms with Crippen molar-refractivity contribution >= 4 is 28.8 Å². The van der Waals surface area contributed by atoms with Crippen molar-refractivity contribution in [1.29, 1.82) is 0 Å². The highest BCUT2D eigenvalue weighted by atomic mass is 32.1. The van der Waals surface area contributed by atoms with Crippen LogP contribution in [0.1, 0.15) is 29.5 Å². The molecule has 1 fully saturated rings. The second kappa shape index (κ2) is 10.5. The monoisotopic (exact) mass is 465 g/mol. The number of thiazole rings is 1. The Labute approximate surface area is 197 Å². The molecule has 33 heavy (non-hydrogen) atoms. The molecule has 8 heteroatoms. The first-order valence-corrected chi connectivity index (χ1v) is 11.8. The average molecular weight is 466 g/mol. The van der Waals surface area contributed by atoms with Gasteiger partial charge in [-0.25, -0.2) is 4.98 Å². The molecule has 1 saturated heterocycles. The summed E-state index contributed by atoms with van der Waals surface area (Å²) in [7, 11) is 3.20. The molecule has 4 rings (SSSR count). The Kier molecular flexibility index (Phi) is 7.24. The summed E-state index contributed by atoms with van der Waals surface area (Å²) in [5.41, 5.74) is 1.53. The first-order valence-electron chi connectivity index (χ1n) is 10.9. The zero-order valence-electron chi connectivity index (χ0n) is 18.7. The van der Waals surface area contributed by atoms with Gasteiger partial charge in [-0.15, -0.1) is 11.3 Å². The van der Waals surface area contributed by atoms with Crippen LogP contribution in [0.5, 0.6) is 11.5 Å². The summed E-state index contributed by atoms with van der Waals surface area (Å²) in [5.74, 6) is 0.832. The third kappa shape index (κ3) is 5.01. The lowest BCUT2D eigenvalue weighted by Gasteiger charge is -2.41. The number of aromatic nitrogens is 1. The Morgan fingerprint density at radius 1 is 1.15 bits per heavy atom. The second-order valence-electron chi connectivity index (χ2n) is 7.76. The number of rotatable bonds is 8. The second-order valence-corrected chi connectivity index (χ2v) is 8.74. The molecule has 0 saturated carbocycles. The number of amides is 2. The molecule has 3 aromatic rings. The van der Waals surface area contributed by atoms with Crippen molar-refractivity contribution in [2.75, 3.05) is 25.7 Å². The Morgan fingerprint density at radius 3 is 2.64 bits per heavy atom. The minimum atomic E-state index is -0.490. The van der Waals surface area contributed by atoms with Gasteiger partial charge in [0.1, 0.15) is 11.5 Å². The highest BCUT2D eigenvalue weighted by Gasteiger charge is 2.42. The van der Waals surface area contributed by atoms with E-state index in [1.807, 2.05) is 53.9 Å². The summed E-state index contributed by atoms with van der Waals surface area (Å²) in [4.78, 5) is 32.6. The van der Waals surface area contributed by atoms with Gasteiger partial charge in [0.15, 0.2) is 0 Å². The zero-order chi connectivity index (χ0) is 23.2. The van der Waals surface area contributed by atoms with Gasteiger partial charge in [0.25, 0.3) is 0 Å². The summed E-state index contributed by atoms with van der Waals surface area (Å²) in [6.45, 7) is 0.498. The molecule has 1 aromatic heterocycles. The largest absolute Gasteiger partial charge is 0.497 e. The van der Waals surface area contributed by atoms with Crippen molar-refractivity contribution in [2.24, 2.45) is 5.92 Å². The number of nitrogens with one attached hydrogen (secondary N) is 1. The molecule has 0 radical (unpaired) electrons. The fraction of sp³-hybridized carbons (Fsp3) is 0.320. The maximum atomic E-state index is 13.4. The molecular formula is C25H27N3O4S. The lowest BCUT2D eigenvalue weighted by Crippen LogP contribution is -2.48. The molecule has 2 heterocycles. The van der Waals surface area contributed by atoms with Gasteiger partial charge in [0, 0.05) is 42.2 Å². The summed E-state index contributed by atoms with van der Waals surface area (Å²) < 4.78 is 10.9. The number of anilines is 1. The number of carbonyl (C=O) groups excluding carboxylic acids is 2. The number of piperidine rings is 1. The number of methoxy groups -OCH3 is 2. The predicted molar refractivity (Wildman–Crippen MR) is 128 cm³/mol. The number of benzene rings is 2. The summed E-state index contributed by atoms with van der Waals surface area (Å²) in [6.07, 6.45) is 3.20. The molecule has 1 aliphatic heterocycles. The van der Waals surface area contributed by atoms with Crippen LogP contribution in [0.2, 0.25) is 0 Å². The van der Waals surface area contributed by atoms with Crippen molar-refractivity contribution in [3.05, 3.63) is 70.7 Å². The van der Waals surface area contributed by atoms with Crippen molar-refractivity contribution < 1.29 is 19.1 Å². The molecule has 1 aliphatic rings. The Hall–Kier alpha value is -3.39. The van der Waals surface area contributed by atoms with E-state index in [4.69, 9.17) is 9.47 Å². The van der Waals surface area contributed by atoms with E-state index in [1.165, 1.54) is 0 Å². The van der Waals surface area contributed by atoms with Crippen LogP contribution in [0.3, 0.4) is 0 Å². The number of para-hydroxylation sites is 1. The van der Waals surface area contributed by atoms with Gasteiger partial charge >= 0.3 is 0 Å². The van der Waals surface area contributed by atoms with Crippen molar-refractivity contribution in [2.45, 2.75) is 25.3 Å². The maximum absolute atomic E-state index is 13.4. The smallest absolute Gasteiger partial charge is 0.227 e. The van der Waals surface area contributed by atoms with E-state index in [1.54, 1.807) is 36.7 Å². The minimum Gasteiger partial charge on any atom is -0.497 e. The van der Waals surface area contributed by atoms with E-state index in [0.717, 1.165) is 16.3 Å².